The van der Waals surface area contributed by atoms with Gasteiger partial charge in [0.1, 0.15) is 5.56 Å². The number of aryl methyl sites for hydroxylation is 1. The molecule has 1 aromatic carbocycles. The van der Waals surface area contributed by atoms with Gasteiger partial charge in [-0.25, -0.2) is 0 Å². The first kappa shape index (κ1) is 15.1. The van der Waals surface area contributed by atoms with Crippen LogP contribution in [0.3, 0.4) is 0 Å². The normalized spacial score (nSPS) is 11.9. The van der Waals surface area contributed by atoms with Crippen molar-refractivity contribution in [1.29, 1.82) is 0 Å². The van der Waals surface area contributed by atoms with Gasteiger partial charge >= 0.3 is 0 Å². The van der Waals surface area contributed by atoms with Crippen LogP contribution >= 0.6 is 11.3 Å². The van der Waals surface area contributed by atoms with Crippen molar-refractivity contribution < 1.29 is 14.8 Å². The van der Waals surface area contributed by atoms with E-state index >= 15 is 0 Å². The van der Waals surface area contributed by atoms with E-state index in [1.807, 2.05) is 5.38 Å². The van der Waals surface area contributed by atoms with Gasteiger partial charge in [-0.1, -0.05) is 12.1 Å². The second kappa shape index (κ2) is 6.47. The lowest BCUT2D eigenvalue weighted by Gasteiger charge is -2.12. The minimum Gasteiger partial charge on any atom is -0.387 e. The number of carbonyl (C=O) groups is 1. The molecule has 21 heavy (non-hydrogen) atoms. The summed E-state index contributed by atoms with van der Waals surface area (Å²) in [6.45, 7) is 1.64. The van der Waals surface area contributed by atoms with E-state index in [0.717, 1.165) is 0 Å². The van der Waals surface area contributed by atoms with Gasteiger partial charge in [0.2, 0.25) is 0 Å². The maximum Gasteiger partial charge on any atom is 0.282 e. The van der Waals surface area contributed by atoms with Crippen LogP contribution in [0.15, 0.2) is 35.0 Å². The predicted molar refractivity (Wildman–Crippen MR) is 79.4 cm³/mol. The Labute approximate surface area is 125 Å². The fraction of sp³-hybridized carbons (Fsp3) is 0.214. The first-order valence-electron chi connectivity index (χ1n) is 6.23. The third-order valence-corrected chi connectivity index (χ3v) is 3.76. The van der Waals surface area contributed by atoms with Crippen LogP contribution in [0.5, 0.6) is 0 Å². The van der Waals surface area contributed by atoms with E-state index in [4.69, 9.17) is 0 Å². The summed E-state index contributed by atoms with van der Waals surface area (Å²) in [4.78, 5) is 22.5. The van der Waals surface area contributed by atoms with Crippen LogP contribution in [-0.4, -0.2) is 22.5 Å². The van der Waals surface area contributed by atoms with Crippen molar-refractivity contribution in [3.63, 3.8) is 0 Å². The second-order valence-electron chi connectivity index (χ2n) is 4.51. The number of nitrogens with zero attached hydrogens (tertiary/aromatic N) is 1. The molecular weight excluding hydrogens is 292 g/mol. The lowest BCUT2D eigenvalue weighted by Crippen LogP contribution is -2.29. The molecule has 0 fully saturated rings. The summed E-state index contributed by atoms with van der Waals surface area (Å²) in [5, 5.41) is 27.0. The Morgan fingerprint density at radius 1 is 1.48 bits per heavy atom. The van der Waals surface area contributed by atoms with Gasteiger partial charge in [0.15, 0.2) is 0 Å². The highest BCUT2D eigenvalue weighted by Gasteiger charge is 2.22. The molecule has 0 radical (unpaired) electrons. The monoisotopic (exact) mass is 306 g/mol. The highest BCUT2D eigenvalue weighted by Crippen LogP contribution is 2.22. The molecule has 1 amide bonds. The average Bonchev–Trinajstić information content (AvgIpc) is 2.98. The Kier molecular flexibility index (Phi) is 4.66. The van der Waals surface area contributed by atoms with E-state index < -0.39 is 16.9 Å². The Bertz CT molecular complexity index is 655. The third kappa shape index (κ3) is 3.45. The van der Waals surface area contributed by atoms with Crippen molar-refractivity contribution in [3.8, 4) is 0 Å². The fourth-order valence-electron chi connectivity index (χ4n) is 1.96. The third-order valence-electron chi connectivity index (χ3n) is 3.06. The molecule has 2 rings (SSSR count). The van der Waals surface area contributed by atoms with Gasteiger partial charge in [-0.2, -0.15) is 11.3 Å². The van der Waals surface area contributed by atoms with E-state index in [9.17, 15) is 20.0 Å². The van der Waals surface area contributed by atoms with Crippen LogP contribution in [0.25, 0.3) is 0 Å². The van der Waals surface area contributed by atoms with E-state index in [1.165, 1.54) is 23.5 Å². The van der Waals surface area contributed by atoms with Crippen molar-refractivity contribution >= 4 is 22.9 Å². The standard InChI is InChI=1S/C14H14N2O4S/c1-9-3-2-4-11(16(19)20)13(9)14(18)15-7-12(17)10-5-6-21-8-10/h2-6,8,12,17H,7H2,1H3,(H,15,18). The molecule has 2 aromatic rings. The zero-order valence-corrected chi connectivity index (χ0v) is 12.1. The van der Waals surface area contributed by atoms with Gasteiger partial charge in [0, 0.05) is 12.6 Å². The molecule has 2 N–H and O–H groups in total. The smallest absolute Gasteiger partial charge is 0.282 e. The zero-order valence-electron chi connectivity index (χ0n) is 11.3. The van der Waals surface area contributed by atoms with E-state index in [-0.39, 0.29) is 17.8 Å². The molecule has 1 unspecified atom stereocenters. The number of hydrogen-bond acceptors (Lipinski definition) is 5. The Morgan fingerprint density at radius 2 is 2.24 bits per heavy atom. The number of nitro benzene ring substituents is 1. The van der Waals surface area contributed by atoms with Crippen LogP contribution < -0.4 is 5.32 Å². The summed E-state index contributed by atoms with van der Waals surface area (Å²) in [5.41, 5.74) is 1.02. The number of amides is 1. The molecule has 0 bridgehead atoms. The minimum absolute atomic E-state index is 0.00105. The van der Waals surface area contributed by atoms with Gasteiger partial charge in [-0.15, -0.1) is 0 Å². The molecule has 6 nitrogen and oxygen atoms in total. The summed E-state index contributed by atoms with van der Waals surface area (Å²) < 4.78 is 0. The first-order valence-corrected chi connectivity index (χ1v) is 7.17. The van der Waals surface area contributed by atoms with Crippen molar-refractivity contribution in [2.75, 3.05) is 6.54 Å². The molecule has 0 aliphatic carbocycles. The number of thiophene rings is 1. The predicted octanol–water partition coefficient (Wildman–Crippen LogP) is 2.43. The number of aliphatic hydroxyl groups is 1. The van der Waals surface area contributed by atoms with Crippen LogP contribution in [-0.2, 0) is 0 Å². The Morgan fingerprint density at radius 3 is 2.86 bits per heavy atom. The second-order valence-corrected chi connectivity index (χ2v) is 5.29. The molecule has 7 heteroatoms. The maximum atomic E-state index is 12.1. The average molecular weight is 306 g/mol. The molecule has 1 aromatic heterocycles. The molecule has 0 saturated heterocycles. The zero-order chi connectivity index (χ0) is 15.4. The van der Waals surface area contributed by atoms with Gasteiger partial charge in [-0.05, 0) is 34.9 Å². The minimum atomic E-state index is -0.830. The van der Waals surface area contributed by atoms with Crippen molar-refractivity contribution in [2.45, 2.75) is 13.0 Å². The number of hydrogen-bond donors (Lipinski definition) is 2. The van der Waals surface area contributed by atoms with E-state index in [2.05, 4.69) is 5.32 Å². The van der Waals surface area contributed by atoms with Gasteiger partial charge in [0.25, 0.3) is 11.6 Å². The molecule has 0 aliphatic rings. The number of benzene rings is 1. The summed E-state index contributed by atoms with van der Waals surface area (Å²) >= 11 is 1.45. The largest absolute Gasteiger partial charge is 0.387 e. The summed E-state index contributed by atoms with van der Waals surface area (Å²) in [5.74, 6) is -0.561. The molecule has 0 saturated carbocycles. The van der Waals surface area contributed by atoms with Crippen molar-refractivity contribution in [3.05, 3.63) is 61.8 Å². The van der Waals surface area contributed by atoms with Crippen LogP contribution in [0.4, 0.5) is 5.69 Å². The highest BCUT2D eigenvalue weighted by molar-refractivity contribution is 7.07. The lowest BCUT2D eigenvalue weighted by molar-refractivity contribution is -0.385. The maximum absolute atomic E-state index is 12.1. The van der Waals surface area contributed by atoms with Crippen molar-refractivity contribution in [2.24, 2.45) is 0 Å². The van der Waals surface area contributed by atoms with Gasteiger partial charge < -0.3 is 10.4 Å². The number of aliphatic hydroxyl groups excluding tert-OH is 1. The topological polar surface area (TPSA) is 92.5 Å². The number of rotatable bonds is 5. The lowest BCUT2D eigenvalue weighted by atomic mass is 10.1. The van der Waals surface area contributed by atoms with E-state index in [1.54, 1.807) is 24.4 Å². The first-order chi connectivity index (χ1) is 10.0. The fourth-order valence-corrected chi connectivity index (χ4v) is 2.67. The quantitative estimate of drug-likeness (QED) is 0.655. The summed E-state index contributed by atoms with van der Waals surface area (Å²) in [6.07, 6.45) is -0.830. The summed E-state index contributed by atoms with van der Waals surface area (Å²) in [7, 11) is 0. The Hall–Kier alpha value is -2.25. The van der Waals surface area contributed by atoms with Gasteiger partial charge in [0.05, 0.1) is 11.0 Å². The molecular formula is C14H14N2O4S. The van der Waals surface area contributed by atoms with Crippen LogP contribution in [0.2, 0.25) is 0 Å². The number of carbonyl (C=O) groups excluding carboxylic acids is 1. The highest BCUT2D eigenvalue weighted by atomic mass is 32.1. The number of nitro groups is 1. The SMILES string of the molecule is Cc1cccc([N+](=O)[O-])c1C(=O)NCC(O)c1ccsc1. The van der Waals surface area contributed by atoms with Crippen LogP contribution in [0, 0.1) is 17.0 Å². The number of nitrogens with one attached hydrogen (secondary N) is 1. The summed E-state index contributed by atoms with van der Waals surface area (Å²) in [6, 6.07) is 6.22. The molecule has 0 aliphatic heterocycles. The Balaban J connectivity index is 2.12. The van der Waals surface area contributed by atoms with E-state index in [0.29, 0.717) is 11.1 Å². The van der Waals surface area contributed by atoms with Gasteiger partial charge in [-0.3, -0.25) is 14.9 Å². The van der Waals surface area contributed by atoms with Crippen LogP contribution in [0.1, 0.15) is 27.6 Å². The molecule has 1 heterocycles. The molecule has 1 atom stereocenters. The molecule has 110 valence electrons. The van der Waals surface area contributed by atoms with Crippen molar-refractivity contribution in [1.82, 2.24) is 5.32 Å². The molecule has 0 spiro atoms.